The monoisotopic (exact) mass is 182 g/mol. The van der Waals surface area contributed by atoms with E-state index in [4.69, 9.17) is 13.9 Å². The van der Waals surface area contributed by atoms with Gasteiger partial charge in [-0.05, 0) is 13.0 Å². The van der Waals surface area contributed by atoms with Gasteiger partial charge in [-0.2, -0.15) is 0 Å². The summed E-state index contributed by atoms with van der Waals surface area (Å²) >= 11 is 0. The minimum absolute atomic E-state index is 0.268. The van der Waals surface area contributed by atoms with Gasteiger partial charge in [-0.25, -0.2) is 0 Å². The molecule has 0 bridgehead atoms. The molecule has 0 atom stereocenters. The van der Waals surface area contributed by atoms with E-state index in [1.54, 1.807) is 13.0 Å². The summed E-state index contributed by atoms with van der Waals surface area (Å²) in [7, 11) is 0. The molecule has 0 N–H and O–H groups in total. The Hall–Kier alpha value is -1.13. The first-order chi connectivity index (χ1) is 6.26. The van der Waals surface area contributed by atoms with Crippen LogP contribution in [0.1, 0.15) is 23.0 Å². The van der Waals surface area contributed by atoms with Gasteiger partial charge in [0.1, 0.15) is 0 Å². The van der Waals surface area contributed by atoms with Crippen molar-refractivity contribution in [1.82, 2.24) is 0 Å². The number of hydrogen-bond acceptors (Lipinski definition) is 4. The molecule has 0 spiro atoms. The van der Waals surface area contributed by atoms with E-state index in [9.17, 15) is 4.79 Å². The van der Waals surface area contributed by atoms with Crippen molar-refractivity contribution >= 4 is 6.29 Å². The number of carbonyl (C=O) groups is 1. The average molecular weight is 182 g/mol. The molecule has 0 saturated carbocycles. The highest BCUT2D eigenvalue weighted by atomic mass is 16.7. The quantitative estimate of drug-likeness (QED) is 0.647. The van der Waals surface area contributed by atoms with Gasteiger partial charge in [0, 0.05) is 0 Å². The molecule has 1 aromatic rings. The number of hydrogen-bond donors (Lipinski definition) is 0. The molecule has 2 heterocycles. The SMILES string of the molecule is CC1(c2ccoc2C=O)OCCO1. The number of rotatable bonds is 2. The van der Waals surface area contributed by atoms with Crippen LogP contribution in [-0.4, -0.2) is 19.5 Å². The lowest BCUT2D eigenvalue weighted by molar-refractivity contribution is -0.150. The minimum atomic E-state index is -0.816. The van der Waals surface area contributed by atoms with E-state index >= 15 is 0 Å². The molecular formula is C9H10O4. The van der Waals surface area contributed by atoms with Gasteiger partial charge >= 0.3 is 0 Å². The summed E-state index contributed by atoms with van der Waals surface area (Å²) in [6, 6.07) is 1.69. The molecule has 70 valence electrons. The number of ether oxygens (including phenoxy) is 2. The Kier molecular flexibility index (Phi) is 1.94. The second-order valence-corrected chi connectivity index (χ2v) is 2.96. The fourth-order valence-electron chi connectivity index (χ4n) is 1.46. The van der Waals surface area contributed by atoms with E-state index in [-0.39, 0.29) is 5.76 Å². The topological polar surface area (TPSA) is 48.7 Å². The van der Waals surface area contributed by atoms with Crippen LogP contribution >= 0.6 is 0 Å². The molecule has 1 aromatic heterocycles. The first-order valence-electron chi connectivity index (χ1n) is 4.07. The lowest BCUT2D eigenvalue weighted by Gasteiger charge is -2.20. The van der Waals surface area contributed by atoms with Crippen molar-refractivity contribution in [1.29, 1.82) is 0 Å². The molecule has 1 aliphatic rings. The van der Waals surface area contributed by atoms with Gasteiger partial charge in [-0.1, -0.05) is 0 Å². The molecule has 0 aliphatic carbocycles. The van der Waals surface area contributed by atoms with Crippen LogP contribution in [0.15, 0.2) is 16.7 Å². The Bertz CT molecular complexity index is 309. The van der Waals surface area contributed by atoms with Crippen molar-refractivity contribution in [3.05, 3.63) is 23.7 Å². The van der Waals surface area contributed by atoms with Crippen molar-refractivity contribution in [3.8, 4) is 0 Å². The molecular weight excluding hydrogens is 172 g/mol. The molecule has 4 heteroatoms. The van der Waals surface area contributed by atoms with Crippen LogP contribution in [0.25, 0.3) is 0 Å². The zero-order valence-corrected chi connectivity index (χ0v) is 7.28. The summed E-state index contributed by atoms with van der Waals surface area (Å²) in [5.74, 6) is -0.548. The van der Waals surface area contributed by atoms with Crippen LogP contribution < -0.4 is 0 Å². The number of furan rings is 1. The van der Waals surface area contributed by atoms with Crippen molar-refractivity contribution < 1.29 is 18.7 Å². The van der Waals surface area contributed by atoms with E-state index in [0.717, 1.165) is 0 Å². The fourth-order valence-corrected chi connectivity index (χ4v) is 1.46. The highest BCUT2D eigenvalue weighted by Crippen LogP contribution is 2.32. The number of aldehydes is 1. The molecule has 0 radical (unpaired) electrons. The molecule has 0 unspecified atom stereocenters. The van der Waals surface area contributed by atoms with Gasteiger partial charge in [0.05, 0.1) is 25.0 Å². The van der Waals surface area contributed by atoms with Gasteiger partial charge in [0.2, 0.25) is 0 Å². The maximum Gasteiger partial charge on any atom is 0.195 e. The second kappa shape index (κ2) is 2.97. The highest BCUT2D eigenvalue weighted by molar-refractivity contribution is 5.73. The van der Waals surface area contributed by atoms with Gasteiger partial charge in [0.25, 0.3) is 0 Å². The first-order valence-corrected chi connectivity index (χ1v) is 4.07. The summed E-state index contributed by atoms with van der Waals surface area (Å²) in [5, 5.41) is 0. The second-order valence-electron chi connectivity index (χ2n) is 2.96. The molecule has 1 aliphatic heterocycles. The third kappa shape index (κ3) is 1.28. The minimum Gasteiger partial charge on any atom is -0.461 e. The summed E-state index contributed by atoms with van der Waals surface area (Å²) < 4.78 is 15.7. The number of carbonyl (C=O) groups excluding carboxylic acids is 1. The molecule has 1 saturated heterocycles. The van der Waals surface area contributed by atoms with Crippen molar-refractivity contribution in [3.63, 3.8) is 0 Å². The zero-order valence-electron chi connectivity index (χ0n) is 7.28. The Morgan fingerprint density at radius 3 is 2.77 bits per heavy atom. The summed E-state index contributed by atoms with van der Waals surface area (Å²) in [4.78, 5) is 10.6. The largest absolute Gasteiger partial charge is 0.461 e. The van der Waals surface area contributed by atoms with E-state index in [1.807, 2.05) is 0 Å². The van der Waals surface area contributed by atoms with Crippen LogP contribution in [0.5, 0.6) is 0 Å². The van der Waals surface area contributed by atoms with Crippen LogP contribution in [0.2, 0.25) is 0 Å². The molecule has 0 aromatic carbocycles. The van der Waals surface area contributed by atoms with E-state index < -0.39 is 5.79 Å². The van der Waals surface area contributed by atoms with Gasteiger partial charge in [-0.3, -0.25) is 4.79 Å². The molecule has 1 fully saturated rings. The maximum atomic E-state index is 10.6. The van der Waals surface area contributed by atoms with Gasteiger partial charge in [0.15, 0.2) is 17.8 Å². The predicted octanol–water partition coefficient (Wildman–Crippen LogP) is 1.31. The van der Waals surface area contributed by atoms with E-state index in [1.165, 1.54) is 6.26 Å². The van der Waals surface area contributed by atoms with E-state index in [2.05, 4.69) is 0 Å². The van der Waals surface area contributed by atoms with Crippen LogP contribution in [0.3, 0.4) is 0 Å². The fraction of sp³-hybridized carbons (Fsp3) is 0.444. The summed E-state index contributed by atoms with van der Waals surface area (Å²) in [5.41, 5.74) is 0.653. The predicted molar refractivity (Wildman–Crippen MR) is 43.4 cm³/mol. The Balaban J connectivity index is 2.38. The van der Waals surface area contributed by atoms with Crippen molar-refractivity contribution in [2.24, 2.45) is 0 Å². The summed E-state index contributed by atoms with van der Waals surface area (Å²) in [6.07, 6.45) is 2.11. The Morgan fingerprint density at radius 1 is 1.46 bits per heavy atom. The first kappa shape index (κ1) is 8.47. The maximum absolute atomic E-state index is 10.6. The van der Waals surface area contributed by atoms with Gasteiger partial charge in [-0.15, -0.1) is 0 Å². The molecule has 0 amide bonds. The van der Waals surface area contributed by atoms with Crippen molar-refractivity contribution in [2.45, 2.75) is 12.7 Å². The Morgan fingerprint density at radius 2 is 2.15 bits per heavy atom. The van der Waals surface area contributed by atoms with E-state index in [0.29, 0.717) is 25.1 Å². The molecule has 4 nitrogen and oxygen atoms in total. The van der Waals surface area contributed by atoms with Crippen LogP contribution in [0.4, 0.5) is 0 Å². The lowest BCUT2D eigenvalue weighted by atomic mass is 10.1. The lowest BCUT2D eigenvalue weighted by Crippen LogP contribution is -2.22. The van der Waals surface area contributed by atoms with Crippen LogP contribution in [0, 0.1) is 0 Å². The average Bonchev–Trinajstić information content (AvgIpc) is 2.72. The zero-order chi connectivity index (χ0) is 9.31. The summed E-state index contributed by atoms with van der Waals surface area (Å²) in [6.45, 7) is 2.86. The van der Waals surface area contributed by atoms with Gasteiger partial charge < -0.3 is 13.9 Å². The van der Waals surface area contributed by atoms with Crippen molar-refractivity contribution in [2.75, 3.05) is 13.2 Å². The third-order valence-electron chi connectivity index (χ3n) is 2.13. The molecule has 2 rings (SSSR count). The smallest absolute Gasteiger partial charge is 0.195 e. The normalized spacial score (nSPS) is 20.4. The molecule has 13 heavy (non-hydrogen) atoms. The standard InChI is InChI=1S/C9H10O4/c1-9(12-4-5-13-9)7-2-3-11-8(7)6-10/h2-3,6H,4-5H2,1H3. The third-order valence-corrected chi connectivity index (χ3v) is 2.13. The highest BCUT2D eigenvalue weighted by Gasteiger charge is 2.36. The Labute approximate surface area is 75.4 Å². The van der Waals surface area contributed by atoms with Crippen LogP contribution in [-0.2, 0) is 15.3 Å².